The molecule has 8 aromatic carbocycles. The molecule has 0 bridgehead atoms. The summed E-state index contributed by atoms with van der Waals surface area (Å²) in [7, 11) is -2.89. The number of fused-ring (bicyclic) bond motifs is 9. The Morgan fingerprint density at radius 1 is 0.446 bits per heavy atom. The van der Waals surface area contributed by atoms with E-state index in [2.05, 4.69) is 191 Å². The smallest absolute Gasteiger partial charge is 0.260 e. The van der Waals surface area contributed by atoms with Gasteiger partial charge in [-0.1, -0.05) is 152 Å². The van der Waals surface area contributed by atoms with Gasteiger partial charge in [0.05, 0.1) is 27.8 Å². The zero-order valence-corrected chi connectivity index (χ0v) is 31.2. The molecular weight excluding hydrogens is 701 g/mol. The molecule has 4 heterocycles. The van der Waals surface area contributed by atoms with Crippen LogP contribution < -0.4 is 46.6 Å². The van der Waals surface area contributed by atoms with Crippen LogP contribution in [0.5, 0.6) is 23.0 Å². The first-order valence-corrected chi connectivity index (χ1v) is 21.1. The van der Waals surface area contributed by atoms with E-state index < -0.39 is 8.07 Å². The maximum Gasteiger partial charge on any atom is 0.260 e. The molecule has 0 unspecified atom stereocenters. The van der Waals surface area contributed by atoms with E-state index in [4.69, 9.17) is 14.5 Å². The summed E-state index contributed by atoms with van der Waals surface area (Å²) in [4.78, 5) is 5.72. The Hall–Kier alpha value is -7.09. The standard InChI is InChI=1S/C49H32BN3O2Si/c1-4-17-34(18-5-1)56(35-19-6-2-7-20-35,36-21-8-3-9-22-36)46-30-16-27-41-48(46)51-49-52(39-25-12-13-26-40(39)53(41)49)33-31-44-47-45(32-33)55-43-29-15-11-24-38(43)50(47)37-23-10-14-28-42(37)54-44/h1-32H. The van der Waals surface area contributed by atoms with Crippen LogP contribution in [0.2, 0.25) is 0 Å². The molecule has 0 amide bonds. The molecule has 0 fully saturated rings. The van der Waals surface area contributed by atoms with Gasteiger partial charge in [0.2, 0.25) is 5.78 Å². The van der Waals surface area contributed by atoms with Crippen LogP contribution in [0.1, 0.15) is 0 Å². The quantitative estimate of drug-likeness (QED) is 0.149. The van der Waals surface area contributed by atoms with E-state index in [0.717, 1.165) is 72.9 Å². The van der Waals surface area contributed by atoms with Crippen molar-refractivity contribution in [2.75, 3.05) is 0 Å². The van der Waals surface area contributed by atoms with Gasteiger partial charge in [-0.3, -0.25) is 8.97 Å². The first-order valence-electron chi connectivity index (χ1n) is 19.1. The number of aromatic nitrogens is 3. The predicted octanol–water partition coefficient (Wildman–Crippen LogP) is 6.54. The van der Waals surface area contributed by atoms with Crippen molar-refractivity contribution in [2.45, 2.75) is 0 Å². The van der Waals surface area contributed by atoms with Gasteiger partial charge in [-0.25, -0.2) is 4.98 Å². The largest absolute Gasteiger partial charge is 0.458 e. The van der Waals surface area contributed by atoms with Gasteiger partial charge in [0.25, 0.3) is 6.71 Å². The van der Waals surface area contributed by atoms with Crippen molar-refractivity contribution in [3.63, 3.8) is 0 Å². The van der Waals surface area contributed by atoms with E-state index in [1.807, 2.05) is 12.1 Å². The van der Waals surface area contributed by atoms with Gasteiger partial charge >= 0.3 is 0 Å². The van der Waals surface area contributed by atoms with Gasteiger partial charge in [0.1, 0.15) is 23.0 Å². The number of nitrogens with zero attached hydrogens (tertiary/aromatic N) is 3. The first kappa shape index (κ1) is 31.3. The monoisotopic (exact) mass is 733 g/mol. The van der Waals surface area contributed by atoms with E-state index in [0.29, 0.717) is 0 Å². The molecule has 2 aromatic heterocycles. The lowest BCUT2D eigenvalue weighted by molar-refractivity contribution is 0.464. The first-order chi connectivity index (χ1) is 27.8. The Labute approximate surface area is 324 Å². The maximum absolute atomic E-state index is 6.76. The Kier molecular flexibility index (Phi) is 6.68. The third-order valence-electron chi connectivity index (χ3n) is 11.8. The second-order valence-electron chi connectivity index (χ2n) is 14.7. The van der Waals surface area contributed by atoms with Crippen LogP contribution in [-0.4, -0.2) is 28.7 Å². The second-order valence-corrected chi connectivity index (χ2v) is 18.4. The van der Waals surface area contributed by atoms with E-state index >= 15 is 0 Å². The van der Waals surface area contributed by atoms with Crippen LogP contribution in [0.3, 0.4) is 0 Å². The summed E-state index contributed by atoms with van der Waals surface area (Å²) in [6, 6.07) is 69.6. The molecule has 10 aromatic rings. The summed E-state index contributed by atoms with van der Waals surface area (Å²) in [6.45, 7) is 0.00832. The highest BCUT2D eigenvalue weighted by atomic mass is 28.3. The summed E-state index contributed by atoms with van der Waals surface area (Å²) in [6.07, 6.45) is 0. The Balaban J connectivity index is 1.16. The minimum Gasteiger partial charge on any atom is -0.458 e. The molecule has 0 spiro atoms. The second kappa shape index (κ2) is 12.0. The lowest BCUT2D eigenvalue weighted by Crippen LogP contribution is -2.74. The van der Waals surface area contributed by atoms with Gasteiger partial charge in [0, 0.05) is 17.6 Å². The average molecular weight is 734 g/mol. The molecule has 0 saturated heterocycles. The Morgan fingerprint density at radius 2 is 0.929 bits per heavy atom. The highest BCUT2D eigenvalue weighted by Crippen LogP contribution is 2.38. The fourth-order valence-electron chi connectivity index (χ4n) is 9.52. The molecule has 0 N–H and O–H groups in total. The molecule has 56 heavy (non-hydrogen) atoms. The van der Waals surface area contributed by atoms with Crippen LogP contribution in [-0.2, 0) is 0 Å². The van der Waals surface area contributed by atoms with Gasteiger partial charge < -0.3 is 9.47 Å². The van der Waals surface area contributed by atoms with Crippen LogP contribution in [0.15, 0.2) is 194 Å². The van der Waals surface area contributed by atoms with Crippen molar-refractivity contribution in [1.29, 1.82) is 0 Å². The number of ether oxygens (including phenoxy) is 2. The van der Waals surface area contributed by atoms with Gasteiger partial charge in [0.15, 0.2) is 8.07 Å². The Morgan fingerprint density at radius 3 is 1.50 bits per heavy atom. The lowest BCUT2D eigenvalue weighted by Gasteiger charge is -2.34. The lowest BCUT2D eigenvalue weighted by atomic mass is 9.35. The number of hydrogen-bond acceptors (Lipinski definition) is 3. The van der Waals surface area contributed by atoms with Gasteiger partial charge in [-0.05, 0) is 62.0 Å². The van der Waals surface area contributed by atoms with Crippen LogP contribution in [0.4, 0.5) is 0 Å². The average Bonchev–Trinajstić information content (AvgIpc) is 3.80. The molecule has 262 valence electrons. The molecular formula is C49H32BN3O2Si. The van der Waals surface area contributed by atoms with Crippen molar-refractivity contribution < 1.29 is 9.47 Å². The summed E-state index contributed by atoms with van der Waals surface area (Å²) < 4.78 is 18.1. The maximum atomic E-state index is 6.76. The fraction of sp³-hybridized carbons (Fsp3) is 0. The molecule has 2 aliphatic heterocycles. The third-order valence-corrected chi connectivity index (χ3v) is 16.6. The summed E-state index contributed by atoms with van der Waals surface area (Å²) in [5.41, 5.74) is 8.48. The third kappa shape index (κ3) is 4.28. The van der Waals surface area contributed by atoms with E-state index in [1.165, 1.54) is 20.7 Å². The van der Waals surface area contributed by atoms with Crippen molar-refractivity contribution in [1.82, 2.24) is 14.0 Å². The molecule has 0 aliphatic carbocycles. The zero-order valence-electron chi connectivity index (χ0n) is 30.2. The van der Waals surface area contributed by atoms with Crippen LogP contribution >= 0.6 is 0 Å². The van der Waals surface area contributed by atoms with E-state index in [9.17, 15) is 0 Å². The topological polar surface area (TPSA) is 40.7 Å². The van der Waals surface area contributed by atoms with Crippen molar-refractivity contribution >= 4 is 79.8 Å². The highest BCUT2D eigenvalue weighted by molar-refractivity contribution is 7.20. The molecule has 0 saturated carbocycles. The minimum atomic E-state index is -2.89. The molecule has 12 rings (SSSR count). The van der Waals surface area contributed by atoms with Gasteiger partial charge in [-0.15, -0.1) is 0 Å². The minimum absolute atomic E-state index is 0.00832. The van der Waals surface area contributed by atoms with Crippen molar-refractivity contribution in [2.24, 2.45) is 0 Å². The summed E-state index contributed by atoms with van der Waals surface area (Å²) in [5, 5.41) is 5.19. The molecule has 5 nitrogen and oxygen atoms in total. The molecule has 0 atom stereocenters. The zero-order chi connectivity index (χ0) is 36.8. The number of rotatable bonds is 5. The van der Waals surface area contributed by atoms with E-state index in [-0.39, 0.29) is 6.71 Å². The van der Waals surface area contributed by atoms with Crippen LogP contribution in [0, 0.1) is 0 Å². The molecule has 7 heteroatoms. The molecule has 2 aliphatic rings. The number of hydrogen-bond donors (Lipinski definition) is 0. The number of para-hydroxylation sites is 5. The highest BCUT2D eigenvalue weighted by Gasteiger charge is 2.44. The fourth-order valence-corrected chi connectivity index (χ4v) is 14.4. The summed E-state index contributed by atoms with van der Waals surface area (Å²) >= 11 is 0. The Bertz CT molecular complexity index is 2990. The number of benzene rings is 8. The van der Waals surface area contributed by atoms with Crippen molar-refractivity contribution in [3.8, 4) is 28.7 Å². The normalized spacial score (nSPS) is 12.9. The van der Waals surface area contributed by atoms with Crippen molar-refractivity contribution in [3.05, 3.63) is 194 Å². The number of imidazole rings is 2. The van der Waals surface area contributed by atoms with Crippen LogP contribution in [0.25, 0.3) is 33.5 Å². The predicted molar refractivity (Wildman–Crippen MR) is 231 cm³/mol. The molecule has 0 radical (unpaired) electrons. The summed E-state index contributed by atoms with van der Waals surface area (Å²) in [5.74, 6) is 4.17. The van der Waals surface area contributed by atoms with E-state index in [1.54, 1.807) is 0 Å². The van der Waals surface area contributed by atoms with Gasteiger partial charge in [-0.2, -0.15) is 0 Å². The SMILES string of the molecule is c1ccc([Si](c2ccccc2)(c2ccccc2)c2cccc3c2nc2n(-c4cc5c6c(c4)Oc4ccccc4B6c4ccccc4O5)c4ccccc4n32)cc1.